The molecule has 0 atom stereocenters. The van der Waals surface area contributed by atoms with E-state index in [9.17, 15) is 0 Å². The molecule has 0 N–H and O–H groups in total. The maximum absolute atomic E-state index is 5.50. The number of imidazole rings is 1. The number of rotatable bonds is 8. The maximum Gasteiger partial charge on any atom is 0.149 e. The summed E-state index contributed by atoms with van der Waals surface area (Å²) >= 11 is 0. The molecular weight excluding hydrogens is 292 g/mol. The van der Waals surface area contributed by atoms with E-state index < -0.39 is 0 Å². The average molecular weight is 312 g/mol. The van der Waals surface area contributed by atoms with Gasteiger partial charge in [0.05, 0.1) is 17.6 Å². The van der Waals surface area contributed by atoms with Crippen LogP contribution >= 0.6 is 0 Å². The molecule has 3 aromatic rings. The van der Waals surface area contributed by atoms with Gasteiger partial charge < -0.3 is 18.8 Å². The van der Waals surface area contributed by atoms with E-state index in [0.29, 0.717) is 13.2 Å². The van der Waals surface area contributed by atoms with Crippen molar-refractivity contribution in [2.75, 3.05) is 27.3 Å². The van der Waals surface area contributed by atoms with E-state index in [0.717, 1.165) is 22.4 Å². The van der Waals surface area contributed by atoms with E-state index in [1.807, 2.05) is 36.4 Å². The standard InChI is InChI=1S/C18H20N2O3/c1-21-13-23-14-22-12-11-20-17-10-6-5-9-16(17)19-18(20)15-7-3-2-4-8-15/h2-10H,11-14H2,1H3. The monoisotopic (exact) mass is 312 g/mol. The van der Waals surface area contributed by atoms with Crippen LogP contribution in [0.5, 0.6) is 0 Å². The normalized spacial score (nSPS) is 11.2. The molecule has 0 saturated heterocycles. The van der Waals surface area contributed by atoms with Crippen molar-refractivity contribution in [2.45, 2.75) is 6.54 Å². The van der Waals surface area contributed by atoms with Gasteiger partial charge in [-0.2, -0.15) is 0 Å². The SMILES string of the molecule is COCOCOCCn1c(-c2ccccc2)nc2ccccc21. The first-order valence-electron chi connectivity index (χ1n) is 7.55. The lowest BCUT2D eigenvalue weighted by atomic mass is 10.2. The summed E-state index contributed by atoms with van der Waals surface area (Å²) in [7, 11) is 1.59. The molecule has 1 heterocycles. The number of ether oxygens (including phenoxy) is 3. The predicted octanol–water partition coefficient (Wildman–Crippen LogP) is 3.30. The third-order valence-electron chi connectivity index (χ3n) is 3.51. The first kappa shape index (κ1) is 15.7. The topological polar surface area (TPSA) is 45.5 Å². The quantitative estimate of drug-likeness (QED) is 0.473. The molecule has 0 fully saturated rings. The average Bonchev–Trinajstić information content (AvgIpc) is 2.97. The summed E-state index contributed by atoms with van der Waals surface area (Å²) in [6.07, 6.45) is 0. The van der Waals surface area contributed by atoms with Gasteiger partial charge in [-0.25, -0.2) is 4.98 Å². The van der Waals surface area contributed by atoms with Crippen molar-refractivity contribution in [2.24, 2.45) is 0 Å². The lowest BCUT2D eigenvalue weighted by Crippen LogP contribution is -2.10. The van der Waals surface area contributed by atoms with E-state index in [4.69, 9.17) is 19.2 Å². The van der Waals surface area contributed by atoms with Crippen LogP contribution in [0.4, 0.5) is 0 Å². The fraction of sp³-hybridized carbons (Fsp3) is 0.278. The molecule has 5 nitrogen and oxygen atoms in total. The van der Waals surface area contributed by atoms with Crippen LogP contribution in [0.25, 0.3) is 22.4 Å². The van der Waals surface area contributed by atoms with Gasteiger partial charge in [0, 0.05) is 19.2 Å². The Balaban J connectivity index is 1.80. The lowest BCUT2D eigenvalue weighted by Gasteiger charge is -2.10. The Morgan fingerprint density at radius 2 is 1.70 bits per heavy atom. The molecule has 2 aromatic carbocycles. The second kappa shape index (κ2) is 7.87. The summed E-state index contributed by atoms with van der Waals surface area (Å²) in [5, 5.41) is 0. The number of para-hydroxylation sites is 2. The number of benzene rings is 2. The van der Waals surface area contributed by atoms with Crippen molar-refractivity contribution in [1.29, 1.82) is 0 Å². The molecule has 3 rings (SSSR count). The fourth-order valence-electron chi connectivity index (χ4n) is 2.50. The van der Waals surface area contributed by atoms with Crippen molar-refractivity contribution in [3.8, 4) is 11.4 Å². The van der Waals surface area contributed by atoms with Crippen molar-refractivity contribution in [3.63, 3.8) is 0 Å². The largest absolute Gasteiger partial charge is 0.359 e. The molecule has 0 saturated carbocycles. The smallest absolute Gasteiger partial charge is 0.149 e. The number of aromatic nitrogens is 2. The Morgan fingerprint density at radius 1 is 0.913 bits per heavy atom. The molecular formula is C18H20N2O3. The van der Waals surface area contributed by atoms with E-state index >= 15 is 0 Å². The van der Waals surface area contributed by atoms with E-state index in [-0.39, 0.29) is 13.6 Å². The van der Waals surface area contributed by atoms with Crippen molar-refractivity contribution in [3.05, 3.63) is 54.6 Å². The van der Waals surface area contributed by atoms with Gasteiger partial charge in [0.2, 0.25) is 0 Å². The van der Waals surface area contributed by atoms with Crippen LogP contribution in [0.2, 0.25) is 0 Å². The van der Waals surface area contributed by atoms with Crippen molar-refractivity contribution < 1.29 is 14.2 Å². The summed E-state index contributed by atoms with van der Waals surface area (Å²) < 4.78 is 17.6. The number of fused-ring (bicyclic) bond motifs is 1. The molecule has 0 radical (unpaired) electrons. The maximum atomic E-state index is 5.50. The summed E-state index contributed by atoms with van der Waals surface area (Å²) in [6.45, 7) is 1.72. The van der Waals surface area contributed by atoms with Gasteiger partial charge in [0.25, 0.3) is 0 Å². The highest BCUT2D eigenvalue weighted by Gasteiger charge is 2.11. The minimum Gasteiger partial charge on any atom is -0.359 e. The first-order valence-corrected chi connectivity index (χ1v) is 7.55. The number of hydrogen-bond acceptors (Lipinski definition) is 4. The molecule has 0 amide bonds. The Bertz CT molecular complexity index is 740. The van der Waals surface area contributed by atoms with Crippen LogP contribution < -0.4 is 0 Å². The second-order valence-electron chi connectivity index (χ2n) is 5.08. The van der Waals surface area contributed by atoms with Gasteiger partial charge in [-0.3, -0.25) is 0 Å². The molecule has 0 spiro atoms. The van der Waals surface area contributed by atoms with E-state index in [1.54, 1.807) is 7.11 Å². The van der Waals surface area contributed by atoms with Gasteiger partial charge in [0.1, 0.15) is 19.4 Å². The molecule has 0 bridgehead atoms. The van der Waals surface area contributed by atoms with E-state index in [2.05, 4.69) is 22.8 Å². The highest BCUT2D eigenvalue weighted by Crippen LogP contribution is 2.24. The second-order valence-corrected chi connectivity index (χ2v) is 5.08. The summed E-state index contributed by atoms with van der Waals surface area (Å²) in [6, 6.07) is 18.3. The van der Waals surface area contributed by atoms with Crippen LogP contribution in [0.1, 0.15) is 0 Å². The van der Waals surface area contributed by atoms with Gasteiger partial charge in [-0.05, 0) is 12.1 Å². The van der Waals surface area contributed by atoms with Crippen LogP contribution in [0, 0.1) is 0 Å². The molecule has 0 aliphatic carbocycles. The molecule has 0 unspecified atom stereocenters. The molecule has 0 aliphatic rings. The summed E-state index contributed by atoms with van der Waals surface area (Å²) in [5.41, 5.74) is 3.19. The Kier molecular flexibility index (Phi) is 5.37. The molecule has 1 aromatic heterocycles. The minimum atomic E-state index is 0.223. The number of methoxy groups -OCH3 is 1. The third-order valence-corrected chi connectivity index (χ3v) is 3.51. The third kappa shape index (κ3) is 3.76. The number of nitrogens with zero attached hydrogens (tertiary/aromatic N) is 2. The molecule has 23 heavy (non-hydrogen) atoms. The van der Waals surface area contributed by atoms with Gasteiger partial charge in [-0.15, -0.1) is 0 Å². The van der Waals surface area contributed by atoms with Crippen molar-refractivity contribution in [1.82, 2.24) is 9.55 Å². The van der Waals surface area contributed by atoms with Crippen molar-refractivity contribution >= 4 is 11.0 Å². The fourth-order valence-corrected chi connectivity index (χ4v) is 2.50. The Labute approximate surface area is 135 Å². The van der Waals surface area contributed by atoms with Gasteiger partial charge in [0.15, 0.2) is 0 Å². The Hall–Kier alpha value is -2.21. The Morgan fingerprint density at radius 3 is 2.52 bits per heavy atom. The molecule has 120 valence electrons. The zero-order valence-electron chi connectivity index (χ0n) is 13.1. The molecule has 5 heteroatoms. The highest BCUT2D eigenvalue weighted by molar-refractivity contribution is 5.80. The van der Waals surface area contributed by atoms with Gasteiger partial charge >= 0.3 is 0 Å². The zero-order valence-corrected chi connectivity index (χ0v) is 13.1. The lowest BCUT2D eigenvalue weighted by molar-refractivity contribution is -0.121. The predicted molar refractivity (Wildman–Crippen MR) is 88.9 cm³/mol. The zero-order chi connectivity index (χ0) is 15.9. The number of hydrogen-bond donors (Lipinski definition) is 0. The van der Waals surface area contributed by atoms with Crippen LogP contribution in [-0.4, -0.2) is 36.9 Å². The van der Waals surface area contributed by atoms with E-state index in [1.165, 1.54) is 0 Å². The highest BCUT2D eigenvalue weighted by atomic mass is 16.7. The molecule has 0 aliphatic heterocycles. The summed E-state index contributed by atoms with van der Waals surface area (Å²) in [4.78, 5) is 4.77. The minimum absolute atomic E-state index is 0.223. The van der Waals surface area contributed by atoms with Crippen LogP contribution in [-0.2, 0) is 20.8 Å². The van der Waals surface area contributed by atoms with Crippen LogP contribution in [0.15, 0.2) is 54.6 Å². The van der Waals surface area contributed by atoms with Crippen LogP contribution in [0.3, 0.4) is 0 Å². The first-order chi connectivity index (χ1) is 11.4. The summed E-state index contributed by atoms with van der Waals surface area (Å²) in [5.74, 6) is 0.952. The van der Waals surface area contributed by atoms with Gasteiger partial charge in [-0.1, -0.05) is 42.5 Å².